The van der Waals surface area contributed by atoms with Gasteiger partial charge in [-0.2, -0.15) is 0 Å². The minimum absolute atomic E-state index is 0.138. The summed E-state index contributed by atoms with van der Waals surface area (Å²) in [5.74, 6) is 0.803. The molecule has 0 spiro atoms. The van der Waals surface area contributed by atoms with Gasteiger partial charge in [-0.25, -0.2) is 4.79 Å². The second-order valence-electron chi connectivity index (χ2n) is 6.52. The Balaban J connectivity index is 1.52. The molecule has 0 amide bonds. The Morgan fingerprint density at radius 1 is 1.24 bits per heavy atom. The summed E-state index contributed by atoms with van der Waals surface area (Å²) < 4.78 is 0. The van der Waals surface area contributed by atoms with Gasteiger partial charge >= 0.3 is 5.69 Å². The van der Waals surface area contributed by atoms with Crippen molar-refractivity contribution < 1.29 is 0 Å². The number of hydrogen-bond donors (Lipinski definition) is 3. The van der Waals surface area contributed by atoms with Crippen LogP contribution in [-0.4, -0.2) is 40.5 Å². The van der Waals surface area contributed by atoms with Crippen molar-refractivity contribution in [1.82, 2.24) is 20.2 Å². The summed E-state index contributed by atoms with van der Waals surface area (Å²) in [4.78, 5) is 19.5. The Labute approximate surface area is 123 Å². The van der Waals surface area contributed by atoms with Crippen molar-refractivity contribution in [3.8, 4) is 0 Å². The Morgan fingerprint density at radius 2 is 2.05 bits per heavy atom. The number of imidazole rings is 1. The van der Waals surface area contributed by atoms with Gasteiger partial charge in [0.2, 0.25) is 0 Å². The third-order valence-corrected chi connectivity index (χ3v) is 5.14. The Morgan fingerprint density at radius 3 is 2.95 bits per heavy atom. The normalized spacial score (nSPS) is 29.9. The molecule has 1 aromatic heterocycles. The molecule has 3 heterocycles. The van der Waals surface area contributed by atoms with Crippen LogP contribution in [0.5, 0.6) is 0 Å². The quantitative estimate of drug-likeness (QED) is 0.803. The molecule has 21 heavy (non-hydrogen) atoms. The van der Waals surface area contributed by atoms with E-state index >= 15 is 0 Å². The van der Waals surface area contributed by atoms with Crippen molar-refractivity contribution in [3.05, 3.63) is 34.2 Å². The number of benzene rings is 1. The molecule has 2 bridgehead atoms. The molecule has 4 atom stereocenters. The number of rotatable bonds is 3. The number of fused-ring (bicyclic) bond motifs is 3. The summed E-state index contributed by atoms with van der Waals surface area (Å²) in [7, 11) is 0. The largest absolute Gasteiger partial charge is 0.323 e. The molecule has 2 aromatic rings. The monoisotopic (exact) mass is 286 g/mol. The number of H-pyrrole nitrogens is 2. The van der Waals surface area contributed by atoms with E-state index in [1.165, 1.54) is 38.0 Å². The van der Waals surface area contributed by atoms with E-state index in [0.717, 1.165) is 17.0 Å². The van der Waals surface area contributed by atoms with E-state index in [-0.39, 0.29) is 5.69 Å². The van der Waals surface area contributed by atoms with Gasteiger partial charge in [-0.05, 0) is 56.5 Å². The van der Waals surface area contributed by atoms with Crippen molar-refractivity contribution in [3.63, 3.8) is 0 Å². The van der Waals surface area contributed by atoms with Crippen molar-refractivity contribution in [2.75, 3.05) is 19.6 Å². The standard InChI is InChI=1S/C16H22N4O/c1-10(17-13-5-7-20-6-4-12(13)9-20)11-2-3-14-15(8-11)19-16(21)18-14/h2-3,8,10,12-13,17H,4-7,9H2,1H3,(H2,18,19,21). The third-order valence-electron chi connectivity index (χ3n) is 5.14. The number of piperidine rings is 1. The highest BCUT2D eigenvalue weighted by Gasteiger charge is 2.34. The molecule has 2 saturated heterocycles. The minimum atomic E-state index is -0.138. The van der Waals surface area contributed by atoms with Crippen LogP contribution in [0.3, 0.4) is 0 Å². The average molecular weight is 286 g/mol. The van der Waals surface area contributed by atoms with Crippen LogP contribution in [0.2, 0.25) is 0 Å². The molecule has 1 aromatic carbocycles. The Bertz CT molecular complexity index is 704. The first-order valence-corrected chi connectivity index (χ1v) is 7.89. The molecule has 4 unspecified atom stereocenters. The number of nitrogens with one attached hydrogen (secondary N) is 3. The van der Waals surface area contributed by atoms with Crippen LogP contribution < -0.4 is 11.0 Å². The molecule has 112 valence electrons. The molecular formula is C16H22N4O. The van der Waals surface area contributed by atoms with Gasteiger partial charge in [0.1, 0.15) is 0 Å². The molecule has 3 N–H and O–H groups in total. The molecule has 5 nitrogen and oxygen atoms in total. The van der Waals surface area contributed by atoms with Crippen LogP contribution in [0.25, 0.3) is 11.0 Å². The van der Waals surface area contributed by atoms with Crippen LogP contribution in [-0.2, 0) is 0 Å². The SMILES string of the molecule is CC(NC1CCN2CCC1C2)c1ccc2[nH]c(=O)[nH]c2c1. The minimum Gasteiger partial charge on any atom is -0.307 e. The van der Waals surface area contributed by atoms with Crippen LogP contribution in [0.1, 0.15) is 31.4 Å². The van der Waals surface area contributed by atoms with Crippen LogP contribution in [0.4, 0.5) is 0 Å². The fourth-order valence-corrected chi connectivity index (χ4v) is 3.91. The first-order chi connectivity index (χ1) is 10.2. The molecule has 2 aliphatic heterocycles. The fraction of sp³-hybridized carbons (Fsp3) is 0.562. The zero-order valence-electron chi connectivity index (χ0n) is 12.4. The molecule has 0 saturated carbocycles. The van der Waals surface area contributed by atoms with Crippen LogP contribution in [0.15, 0.2) is 23.0 Å². The van der Waals surface area contributed by atoms with Gasteiger partial charge < -0.3 is 20.2 Å². The predicted molar refractivity (Wildman–Crippen MR) is 83.4 cm³/mol. The maximum absolute atomic E-state index is 11.3. The van der Waals surface area contributed by atoms with E-state index in [2.05, 4.69) is 39.2 Å². The van der Waals surface area contributed by atoms with Crippen molar-refractivity contribution >= 4 is 11.0 Å². The van der Waals surface area contributed by atoms with Gasteiger partial charge in [0, 0.05) is 18.6 Å². The summed E-state index contributed by atoms with van der Waals surface area (Å²) in [6.45, 7) is 5.97. The average Bonchev–Trinajstić information content (AvgIpc) is 3.03. The van der Waals surface area contributed by atoms with Gasteiger partial charge in [-0.3, -0.25) is 0 Å². The van der Waals surface area contributed by atoms with Gasteiger partial charge in [-0.15, -0.1) is 0 Å². The summed E-state index contributed by atoms with van der Waals surface area (Å²) in [6.07, 6.45) is 2.58. The van der Waals surface area contributed by atoms with Crippen LogP contribution in [0, 0.1) is 5.92 Å². The highest BCUT2D eigenvalue weighted by atomic mass is 16.1. The Kier molecular flexibility index (Phi) is 3.12. The second kappa shape index (κ2) is 5.00. The van der Waals surface area contributed by atoms with Gasteiger partial charge in [0.15, 0.2) is 0 Å². The molecule has 4 rings (SSSR count). The topological polar surface area (TPSA) is 63.9 Å². The van der Waals surface area contributed by atoms with E-state index in [1.807, 2.05) is 6.07 Å². The summed E-state index contributed by atoms with van der Waals surface area (Å²) in [6, 6.07) is 7.10. The van der Waals surface area contributed by atoms with E-state index in [0.29, 0.717) is 12.1 Å². The maximum Gasteiger partial charge on any atom is 0.323 e. The van der Waals surface area contributed by atoms with E-state index in [4.69, 9.17) is 0 Å². The fourth-order valence-electron chi connectivity index (χ4n) is 3.91. The van der Waals surface area contributed by atoms with Gasteiger partial charge in [0.25, 0.3) is 0 Å². The van der Waals surface area contributed by atoms with Gasteiger partial charge in [-0.1, -0.05) is 6.07 Å². The zero-order chi connectivity index (χ0) is 14.4. The lowest BCUT2D eigenvalue weighted by atomic mass is 9.92. The first kappa shape index (κ1) is 13.1. The number of nitrogens with zero attached hydrogens (tertiary/aromatic N) is 1. The molecule has 0 aliphatic carbocycles. The number of aromatic nitrogens is 2. The zero-order valence-corrected chi connectivity index (χ0v) is 12.4. The lowest BCUT2D eigenvalue weighted by Gasteiger charge is -2.33. The molecular weight excluding hydrogens is 264 g/mol. The molecule has 2 aliphatic rings. The van der Waals surface area contributed by atoms with Crippen LogP contribution >= 0.6 is 0 Å². The predicted octanol–water partition coefficient (Wildman–Crippen LogP) is 1.60. The third kappa shape index (κ3) is 2.40. The lowest BCUT2D eigenvalue weighted by molar-refractivity contribution is 0.212. The second-order valence-corrected chi connectivity index (χ2v) is 6.52. The van der Waals surface area contributed by atoms with E-state index < -0.39 is 0 Å². The number of hydrogen-bond acceptors (Lipinski definition) is 3. The summed E-state index contributed by atoms with van der Waals surface area (Å²) in [5.41, 5.74) is 2.86. The van der Waals surface area contributed by atoms with Crippen molar-refractivity contribution in [2.24, 2.45) is 5.92 Å². The maximum atomic E-state index is 11.3. The first-order valence-electron chi connectivity index (χ1n) is 7.89. The smallest absolute Gasteiger partial charge is 0.307 e. The van der Waals surface area contributed by atoms with Gasteiger partial charge in [0.05, 0.1) is 11.0 Å². The highest BCUT2D eigenvalue weighted by molar-refractivity contribution is 5.75. The summed E-state index contributed by atoms with van der Waals surface area (Å²) >= 11 is 0. The van der Waals surface area contributed by atoms with Crippen molar-refractivity contribution in [1.29, 1.82) is 0 Å². The number of aromatic amines is 2. The van der Waals surface area contributed by atoms with E-state index in [1.54, 1.807) is 0 Å². The summed E-state index contributed by atoms with van der Waals surface area (Å²) in [5, 5.41) is 3.81. The van der Waals surface area contributed by atoms with Crippen molar-refractivity contribution in [2.45, 2.75) is 31.8 Å². The molecule has 2 fully saturated rings. The lowest BCUT2D eigenvalue weighted by Crippen LogP contribution is -2.44. The highest BCUT2D eigenvalue weighted by Crippen LogP contribution is 2.29. The Hall–Kier alpha value is -1.59. The molecule has 0 radical (unpaired) electrons. The van der Waals surface area contributed by atoms with E-state index in [9.17, 15) is 4.79 Å². The molecule has 5 heteroatoms.